The number of nitrogens with zero attached hydrogens (tertiary/aromatic N) is 2. The van der Waals surface area contributed by atoms with E-state index in [0.717, 1.165) is 23.1 Å². The molecule has 0 aromatic heterocycles. The Balaban J connectivity index is 0.000000502. The lowest BCUT2D eigenvalue weighted by molar-refractivity contribution is 0.0473. The van der Waals surface area contributed by atoms with Crippen LogP contribution in [-0.2, 0) is 11.2 Å². The van der Waals surface area contributed by atoms with Gasteiger partial charge in [-0.25, -0.2) is 9.38 Å². The van der Waals surface area contributed by atoms with E-state index >= 15 is 0 Å². The van der Waals surface area contributed by atoms with E-state index in [-0.39, 0.29) is 5.82 Å². The lowest BCUT2D eigenvalue weighted by Gasteiger charge is -2.17. The van der Waals surface area contributed by atoms with Crippen LogP contribution in [0.25, 0.3) is 5.70 Å². The fourth-order valence-electron chi connectivity index (χ4n) is 2.59. The van der Waals surface area contributed by atoms with Crippen molar-refractivity contribution >= 4 is 26.5 Å². The van der Waals surface area contributed by atoms with Crippen LogP contribution in [0.2, 0.25) is 0 Å². The summed E-state index contributed by atoms with van der Waals surface area (Å²) in [5.74, 6) is 0.655. The van der Waals surface area contributed by atoms with Crippen molar-refractivity contribution in [2.75, 3.05) is 14.2 Å². The molecule has 0 spiro atoms. The molecule has 0 fully saturated rings. The average molecular weight is 475 g/mol. The minimum absolute atomic E-state index is 0.144. The van der Waals surface area contributed by atoms with Crippen molar-refractivity contribution in [3.8, 4) is 5.75 Å². The molecule has 0 amide bonds. The Hall–Kier alpha value is -2.85. The number of hydrogen-bond acceptors (Lipinski definition) is 4. The first-order valence-electron chi connectivity index (χ1n) is 10.4. The molecule has 2 unspecified atom stereocenters. The first kappa shape index (κ1) is 28.2. The molecule has 2 aromatic rings. The number of ether oxygens (including phenoxy) is 2. The number of methoxy groups -OCH3 is 1. The molecule has 0 radical (unpaired) electrons. The molecule has 0 aliphatic rings. The number of hydrogen-bond donors (Lipinski definition) is 0. The van der Waals surface area contributed by atoms with Crippen molar-refractivity contribution < 1.29 is 18.3 Å². The topological polar surface area (TPSA) is 43.2 Å². The van der Waals surface area contributed by atoms with Gasteiger partial charge in [0.1, 0.15) is 17.3 Å². The van der Waals surface area contributed by atoms with E-state index in [9.17, 15) is 8.78 Å². The highest BCUT2D eigenvalue weighted by Gasteiger charge is 2.17. The van der Waals surface area contributed by atoms with Gasteiger partial charge in [-0.05, 0) is 73.9 Å². The highest BCUT2D eigenvalue weighted by atomic mass is 31.0. The van der Waals surface area contributed by atoms with Gasteiger partial charge in [0.25, 0.3) is 5.60 Å². The number of rotatable bonds is 7. The van der Waals surface area contributed by atoms with Crippen LogP contribution < -0.4 is 4.74 Å². The van der Waals surface area contributed by atoms with Crippen molar-refractivity contribution in [3.63, 3.8) is 0 Å². The molecule has 7 heteroatoms. The summed E-state index contributed by atoms with van der Waals surface area (Å²) in [5, 5.41) is 0. The van der Waals surface area contributed by atoms with Crippen LogP contribution in [0.1, 0.15) is 38.8 Å². The van der Waals surface area contributed by atoms with Crippen LogP contribution in [0.15, 0.2) is 76.7 Å². The molecule has 4 nitrogen and oxygen atoms in total. The van der Waals surface area contributed by atoms with Crippen molar-refractivity contribution in [1.29, 1.82) is 0 Å². The number of halogens is 2. The van der Waals surface area contributed by atoms with Gasteiger partial charge in [0.05, 0.1) is 12.8 Å². The SMILES string of the molecule is C=C(N=C(OC)C(C=C(C)C)=NC)c1ccc(OC(C)(F)P)cc1.CCc1cccc(F)c1. The fourth-order valence-corrected chi connectivity index (χ4v) is 2.73. The molecule has 0 aliphatic heterocycles. The van der Waals surface area contributed by atoms with Gasteiger partial charge in [-0.15, -0.1) is 0 Å². The summed E-state index contributed by atoms with van der Waals surface area (Å²) in [5.41, 5.74) is 2.24. The second kappa shape index (κ2) is 13.6. The van der Waals surface area contributed by atoms with Crippen LogP contribution in [0, 0.1) is 5.82 Å². The Morgan fingerprint density at radius 3 is 2.24 bits per heavy atom. The zero-order chi connectivity index (χ0) is 25.0. The second-order valence-corrected chi connectivity index (χ2v) is 8.53. The maximum Gasteiger partial charge on any atom is 0.256 e. The Morgan fingerprint density at radius 2 is 1.82 bits per heavy atom. The fraction of sp³-hybridized carbons (Fsp3) is 0.308. The van der Waals surface area contributed by atoms with Gasteiger partial charge in [-0.1, -0.05) is 40.4 Å². The molecule has 2 atom stereocenters. The van der Waals surface area contributed by atoms with E-state index in [4.69, 9.17) is 9.47 Å². The van der Waals surface area contributed by atoms with Crippen LogP contribution in [0.5, 0.6) is 5.75 Å². The van der Waals surface area contributed by atoms with Gasteiger partial charge < -0.3 is 9.47 Å². The summed E-state index contributed by atoms with van der Waals surface area (Å²) in [4.78, 5) is 8.58. The maximum atomic E-state index is 13.4. The normalized spacial score (nSPS) is 13.2. The van der Waals surface area contributed by atoms with Crippen LogP contribution in [0.4, 0.5) is 8.78 Å². The number of aryl methyl sites for hydroxylation is 1. The number of allylic oxidation sites excluding steroid dienone is 1. The zero-order valence-corrected chi connectivity index (χ0v) is 21.3. The van der Waals surface area contributed by atoms with E-state index < -0.39 is 5.60 Å². The molecule has 0 N–H and O–H groups in total. The van der Waals surface area contributed by atoms with Crippen LogP contribution >= 0.6 is 9.24 Å². The van der Waals surface area contributed by atoms with Gasteiger partial charge >= 0.3 is 0 Å². The number of benzene rings is 2. The number of alkyl halides is 1. The summed E-state index contributed by atoms with van der Waals surface area (Å²) in [6.07, 6.45) is 2.78. The maximum absolute atomic E-state index is 13.4. The van der Waals surface area contributed by atoms with E-state index in [0.29, 0.717) is 23.1 Å². The van der Waals surface area contributed by atoms with Gasteiger partial charge in [-0.3, -0.25) is 4.99 Å². The molecular formula is C26H33F2N2O2P. The highest BCUT2D eigenvalue weighted by Crippen LogP contribution is 2.26. The van der Waals surface area contributed by atoms with Crippen LogP contribution in [-0.4, -0.2) is 31.4 Å². The molecule has 0 saturated carbocycles. The number of aliphatic imine (C=N–C) groups is 2. The molecular weight excluding hydrogens is 441 g/mol. The monoisotopic (exact) mass is 474 g/mol. The predicted molar refractivity (Wildman–Crippen MR) is 138 cm³/mol. The molecule has 2 rings (SSSR count). The van der Waals surface area contributed by atoms with Crippen molar-refractivity contribution in [3.05, 3.63) is 83.7 Å². The first-order valence-corrected chi connectivity index (χ1v) is 11.0. The Morgan fingerprint density at radius 1 is 1.18 bits per heavy atom. The predicted octanol–water partition coefficient (Wildman–Crippen LogP) is 7.02. The summed E-state index contributed by atoms with van der Waals surface area (Å²) in [7, 11) is 5.20. The van der Waals surface area contributed by atoms with Gasteiger partial charge in [-0.2, -0.15) is 4.39 Å². The lowest BCUT2D eigenvalue weighted by atomic mass is 10.1. The zero-order valence-electron chi connectivity index (χ0n) is 20.2. The molecule has 0 aliphatic carbocycles. The molecule has 178 valence electrons. The van der Waals surface area contributed by atoms with Gasteiger partial charge in [0, 0.05) is 14.0 Å². The Labute approximate surface area is 198 Å². The summed E-state index contributed by atoms with van der Waals surface area (Å²) < 4.78 is 36.2. The van der Waals surface area contributed by atoms with Gasteiger partial charge in [0.2, 0.25) is 5.90 Å². The molecule has 0 bridgehead atoms. The average Bonchev–Trinajstić information content (AvgIpc) is 2.75. The van der Waals surface area contributed by atoms with Crippen molar-refractivity contribution in [2.45, 2.75) is 39.7 Å². The molecule has 2 aromatic carbocycles. The van der Waals surface area contributed by atoms with E-state index in [2.05, 4.69) is 16.6 Å². The smallest absolute Gasteiger partial charge is 0.256 e. The minimum Gasteiger partial charge on any atom is -0.479 e. The van der Waals surface area contributed by atoms with Crippen molar-refractivity contribution in [1.82, 2.24) is 0 Å². The third kappa shape index (κ3) is 11.0. The molecule has 0 saturated heterocycles. The third-order valence-corrected chi connectivity index (χ3v) is 4.24. The Bertz CT molecular complexity index is 1000. The highest BCUT2D eigenvalue weighted by molar-refractivity contribution is 7.18. The summed E-state index contributed by atoms with van der Waals surface area (Å²) in [6.45, 7) is 11.2. The van der Waals surface area contributed by atoms with Gasteiger partial charge in [0.15, 0.2) is 0 Å². The first-order chi connectivity index (χ1) is 15.5. The molecule has 0 heterocycles. The summed E-state index contributed by atoms with van der Waals surface area (Å²) >= 11 is 0. The van der Waals surface area contributed by atoms with Crippen molar-refractivity contribution in [2.24, 2.45) is 9.98 Å². The standard InChI is InChI=1S/C18H24FN2O2P.C8H9F/c1-12(2)11-16(20-5)17(22-6)21-13(3)14-7-9-15(10-8-14)23-18(4,19)24;1-2-7-4-3-5-8(9)6-7/h7-11H,3,24H2,1-2,4-6H3;3-6H,2H2,1H3. The second-order valence-electron chi connectivity index (χ2n) is 7.49. The molecule has 33 heavy (non-hydrogen) atoms. The lowest BCUT2D eigenvalue weighted by Crippen LogP contribution is -2.16. The quantitative estimate of drug-likeness (QED) is 0.246. The van der Waals surface area contributed by atoms with Crippen LogP contribution in [0.3, 0.4) is 0 Å². The van der Waals surface area contributed by atoms with E-state index in [1.165, 1.54) is 20.1 Å². The van der Waals surface area contributed by atoms with E-state index in [1.54, 1.807) is 43.4 Å². The third-order valence-electron chi connectivity index (χ3n) is 4.12. The summed E-state index contributed by atoms with van der Waals surface area (Å²) in [6, 6.07) is 13.5. The van der Waals surface area contributed by atoms with E-state index in [1.807, 2.05) is 42.2 Å². The minimum atomic E-state index is -1.81. The largest absolute Gasteiger partial charge is 0.479 e. The Kier molecular flexibility index (Phi) is 11.7.